The molecule has 1 amide bonds. The summed E-state index contributed by atoms with van der Waals surface area (Å²) in [7, 11) is 0. The van der Waals surface area contributed by atoms with E-state index in [1.54, 1.807) is 18.2 Å². The lowest BCUT2D eigenvalue weighted by Gasteiger charge is -2.11. The molecule has 0 radical (unpaired) electrons. The molecule has 0 spiro atoms. The number of aromatic nitrogens is 1. The van der Waals surface area contributed by atoms with E-state index in [-0.39, 0.29) is 11.3 Å². The van der Waals surface area contributed by atoms with Crippen LogP contribution in [-0.2, 0) is 6.18 Å². The minimum absolute atomic E-state index is 0.178. The number of azide groups is 1. The van der Waals surface area contributed by atoms with Gasteiger partial charge in [-0.15, -0.1) is 0 Å². The molecule has 2 aromatic rings. The van der Waals surface area contributed by atoms with Gasteiger partial charge in [-0.3, -0.25) is 4.79 Å². The first-order chi connectivity index (χ1) is 9.93. The van der Waals surface area contributed by atoms with E-state index in [0.717, 1.165) is 6.07 Å². The van der Waals surface area contributed by atoms with E-state index >= 15 is 0 Å². The number of carbonyl (C=O) groups is 1. The molecule has 0 aliphatic carbocycles. The third-order valence-electron chi connectivity index (χ3n) is 2.60. The van der Waals surface area contributed by atoms with Crippen molar-refractivity contribution in [2.75, 3.05) is 0 Å². The first-order valence-electron chi connectivity index (χ1n) is 5.66. The maximum absolute atomic E-state index is 12.7. The number of pyridine rings is 1. The normalized spacial score (nSPS) is 10.8. The third kappa shape index (κ3) is 3.18. The number of alkyl halides is 3. The van der Waals surface area contributed by atoms with Crippen LogP contribution < -0.4 is 0 Å². The molecule has 0 saturated heterocycles. The fraction of sp³-hybridized carbons (Fsp3) is 0.0769. The van der Waals surface area contributed by atoms with Crippen molar-refractivity contribution in [2.24, 2.45) is 5.11 Å². The van der Waals surface area contributed by atoms with Crippen LogP contribution in [0.15, 0.2) is 47.6 Å². The molecule has 0 saturated carbocycles. The highest BCUT2D eigenvalue weighted by Crippen LogP contribution is 2.31. The summed E-state index contributed by atoms with van der Waals surface area (Å²) in [5, 5.41) is 2.89. The average molecular weight is 292 g/mol. The predicted molar refractivity (Wildman–Crippen MR) is 68.2 cm³/mol. The Morgan fingerprint density at radius 2 is 1.81 bits per heavy atom. The van der Waals surface area contributed by atoms with E-state index in [9.17, 15) is 18.0 Å². The Kier molecular flexibility index (Phi) is 3.91. The lowest BCUT2D eigenvalue weighted by atomic mass is 10.0. The zero-order valence-corrected chi connectivity index (χ0v) is 10.4. The second-order valence-corrected chi connectivity index (χ2v) is 3.95. The number of amides is 1. The van der Waals surface area contributed by atoms with Crippen molar-refractivity contribution in [1.82, 2.24) is 4.98 Å². The molecule has 1 aromatic heterocycles. The van der Waals surface area contributed by atoms with E-state index in [0.29, 0.717) is 11.6 Å². The van der Waals surface area contributed by atoms with E-state index < -0.39 is 17.8 Å². The third-order valence-corrected chi connectivity index (χ3v) is 2.60. The SMILES string of the molecule is [N-]=[N+]=NC(=O)c1ccc(C(F)(F)F)nc1-c1ccccc1. The van der Waals surface area contributed by atoms with E-state index in [2.05, 4.69) is 15.0 Å². The van der Waals surface area contributed by atoms with Crippen molar-refractivity contribution < 1.29 is 18.0 Å². The van der Waals surface area contributed by atoms with Crippen LogP contribution in [0.25, 0.3) is 21.7 Å². The van der Waals surface area contributed by atoms with Gasteiger partial charge in [0.1, 0.15) is 5.69 Å². The van der Waals surface area contributed by atoms with Crippen molar-refractivity contribution >= 4 is 5.91 Å². The molecule has 0 atom stereocenters. The molecule has 0 bridgehead atoms. The highest BCUT2D eigenvalue weighted by Gasteiger charge is 2.33. The Morgan fingerprint density at radius 1 is 1.14 bits per heavy atom. The smallest absolute Gasteiger partial charge is 0.287 e. The van der Waals surface area contributed by atoms with Gasteiger partial charge in [0.2, 0.25) is 0 Å². The molecule has 0 aliphatic rings. The highest BCUT2D eigenvalue weighted by atomic mass is 19.4. The number of nitrogens with zero attached hydrogens (tertiary/aromatic N) is 4. The zero-order valence-electron chi connectivity index (χ0n) is 10.4. The molecule has 5 nitrogen and oxygen atoms in total. The van der Waals surface area contributed by atoms with Gasteiger partial charge in [0, 0.05) is 10.5 Å². The van der Waals surface area contributed by atoms with Gasteiger partial charge in [0.05, 0.1) is 11.3 Å². The van der Waals surface area contributed by atoms with Crippen LogP contribution in [0, 0.1) is 0 Å². The van der Waals surface area contributed by atoms with Gasteiger partial charge in [-0.2, -0.15) is 13.2 Å². The highest BCUT2D eigenvalue weighted by molar-refractivity contribution is 6.00. The summed E-state index contributed by atoms with van der Waals surface area (Å²) >= 11 is 0. The van der Waals surface area contributed by atoms with Gasteiger partial charge < -0.3 is 0 Å². The van der Waals surface area contributed by atoms with Gasteiger partial charge in [-0.05, 0) is 22.8 Å². The van der Waals surface area contributed by atoms with Crippen molar-refractivity contribution in [1.29, 1.82) is 0 Å². The minimum atomic E-state index is -4.64. The molecular weight excluding hydrogens is 285 g/mol. The van der Waals surface area contributed by atoms with E-state index in [1.165, 1.54) is 12.1 Å². The molecule has 0 fully saturated rings. The van der Waals surface area contributed by atoms with Crippen LogP contribution >= 0.6 is 0 Å². The average Bonchev–Trinajstić information content (AvgIpc) is 2.47. The Balaban J connectivity index is 2.67. The van der Waals surface area contributed by atoms with Gasteiger partial charge in [0.25, 0.3) is 5.91 Å². The van der Waals surface area contributed by atoms with Crippen molar-refractivity contribution in [3.8, 4) is 11.3 Å². The number of hydrogen-bond donors (Lipinski definition) is 0. The number of carbonyl (C=O) groups excluding carboxylic acids is 1. The fourth-order valence-electron chi connectivity index (χ4n) is 1.70. The van der Waals surface area contributed by atoms with Crippen LogP contribution in [0.5, 0.6) is 0 Å². The second-order valence-electron chi connectivity index (χ2n) is 3.95. The number of hydrogen-bond acceptors (Lipinski definition) is 2. The second kappa shape index (κ2) is 5.64. The Morgan fingerprint density at radius 3 is 2.38 bits per heavy atom. The summed E-state index contributed by atoms with van der Waals surface area (Å²) < 4.78 is 38.2. The summed E-state index contributed by atoms with van der Waals surface area (Å²) in [6.07, 6.45) is -4.64. The molecule has 21 heavy (non-hydrogen) atoms. The summed E-state index contributed by atoms with van der Waals surface area (Å²) in [6, 6.07) is 9.51. The first-order valence-corrected chi connectivity index (χ1v) is 5.66. The van der Waals surface area contributed by atoms with Gasteiger partial charge in [0.15, 0.2) is 0 Å². The van der Waals surface area contributed by atoms with Crippen LogP contribution in [-0.4, -0.2) is 10.9 Å². The number of benzene rings is 1. The summed E-state index contributed by atoms with van der Waals surface area (Å²) in [5.74, 6) is -0.988. The predicted octanol–water partition coefficient (Wildman–Crippen LogP) is 4.22. The van der Waals surface area contributed by atoms with E-state index in [4.69, 9.17) is 5.53 Å². The summed E-state index contributed by atoms with van der Waals surface area (Å²) in [4.78, 5) is 17.5. The Hall–Kier alpha value is -2.86. The minimum Gasteiger partial charge on any atom is -0.287 e. The number of rotatable bonds is 2. The van der Waals surface area contributed by atoms with Gasteiger partial charge in [-0.25, -0.2) is 4.98 Å². The molecule has 1 heterocycles. The largest absolute Gasteiger partial charge is 0.433 e. The summed E-state index contributed by atoms with van der Waals surface area (Å²) in [5.41, 5.74) is 7.11. The lowest BCUT2D eigenvalue weighted by Crippen LogP contribution is -2.11. The maximum Gasteiger partial charge on any atom is 0.433 e. The molecule has 0 unspecified atom stereocenters. The molecule has 8 heteroatoms. The first kappa shape index (κ1) is 14.5. The molecule has 2 rings (SSSR count). The standard InChI is InChI=1S/C13H7F3N4O/c14-13(15,16)10-7-6-9(12(21)19-20-17)11(18-10)8-4-2-1-3-5-8/h1-7H. The van der Waals surface area contributed by atoms with Crippen LogP contribution in [0.4, 0.5) is 13.2 Å². The van der Waals surface area contributed by atoms with Crippen LogP contribution in [0.2, 0.25) is 0 Å². The van der Waals surface area contributed by atoms with Crippen LogP contribution in [0.1, 0.15) is 16.1 Å². The number of halogens is 3. The quantitative estimate of drug-likeness (QED) is 0.472. The van der Waals surface area contributed by atoms with Gasteiger partial charge >= 0.3 is 6.18 Å². The molecule has 0 N–H and O–H groups in total. The Bertz CT molecular complexity index is 722. The Labute approximate surface area is 116 Å². The topological polar surface area (TPSA) is 78.7 Å². The van der Waals surface area contributed by atoms with Crippen LogP contribution in [0.3, 0.4) is 0 Å². The fourth-order valence-corrected chi connectivity index (χ4v) is 1.70. The van der Waals surface area contributed by atoms with Crippen molar-refractivity contribution in [3.63, 3.8) is 0 Å². The molecule has 1 aromatic carbocycles. The van der Waals surface area contributed by atoms with E-state index in [1.807, 2.05) is 0 Å². The van der Waals surface area contributed by atoms with Gasteiger partial charge in [-0.1, -0.05) is 30.3 Å². The monoisotopic (exact) mass is 292 g/mol. The lowest BCUT2D eigenvalue weighted by molar-refractivity contribution is -0.141. The van der Waals surface area contributed by atoms with Crippen molar-refractivity contribution in [3.05, 3.63) is 64.2 Å². The maximum atomic E-state index is 12.7. The molecular formula is C13H7F3N4O. The molecule has 106 valence electrons. The summed E-state index contributed by atoms with van der Waals surface area (Å²) in [6.45, 7) is 0. The molecule has 0 aliphatic heterocycles. The van der Waals surface area contributed by atoms with Crippen molar-refractivity contribution in [2.45, 2.75) is 6.18 Å². The zero-order chi connectivity index (χ0) is 15.5.